The van der Waals surface area contributed by atoms with Crippen LogP contribution in [-0.4, -0.2) is 29.7 Å². The second-order valence-corrected chi connectivity index (χ2v) is 5.59. The summed E-state index contributed by atoms with van der Waals surface area (Å²) in [6.45, 7) is 0. The van der Waals surface area contributed by atoms with E-state index < -0.39 is 11.9 Å². The van der Waals surface area contributed by atoms with Crippen LogP contribution in [0.1, 0.15) is 5.69 Å². The average molecular weight is 384 g/mol. The zero-order valence-electron chi connectivity index (χ0n) is 14.1. The van der Waals surface area contributed by atoms with E-state index >= 15 is 0 Å². The van der Waals surface area contributed by atoms with E-state index in [4.69, 9.17) is 4.74 Å². The van der Waals surface area contributed by atoms with Crippen LogP contribution in [0, 0.1) is 0 Å². The van der Waals surface area contributed by atoms with Crippen molar-refractivity contribution in [1.29, 1.82) is 0 Å². The number of rotatable bonds is 4. The largest absolute Gasteiger partial charge is 0.439 e. The summed E-state index contributed by atoms with van der Waals surface area (Å²) in [5.41, 5.74) is -0.0323. The third kappa shape index (κ3) is 3.80. The van der Waals surface area contributed by atoms with Crippen LogP contribution >= 0.6 is 0 Å². The van der Waals surface area contributed by atoms with Gasteiger partial charge in [0.25, 0.3) is 0 Å². The van der Waals surface area contributed by atoms with Crippen molar-refractivity contribution in [3.8, 4) is 28.7 Å². The third-order valence-corrected chi connectivity index (χ3v) is 3.66. The van der Waals surface area contributed by atoms with Crippen LogP contribution in [0.3, 0.4) is 0 Å². The summed E-state index contributed by atoms with van der Waals surface area (Å²) in [4.78, 5) is 15.4. The maximum absolute atomic E-state index is 13.2. The van der Waals surface area contributed by atoms with E-state index in [0.29, 0.717) is 11.3 Å². The lowest BCUT2D eigenvalue weighted by molar-refractivity contribution is -0.141. The Hall–Kier alpha value is -3.82. The summed E-state index contributed by atoms with van der Waals surface area (Å²) in [6, 6.07) is 10.5. The lowest BCUT2D eigenvalue weighted by Crippen LogP contribution is -2.10. The minimum atomic E-state index is -4.64. The molecule has 0 saturated carbocycles. The van der Waals surface area contributed by atoms with Crippen molar-refractivity contribution < 1.29 is 17.9 Å². The molecule has 0 saturated heterocycles. The number of aromatic nitrogens is 6. The number of ether oxygens (including phenoxy) is 1. The van der Waals surface area contributed by atoms with E-state index in [1.54, 1.807) is 36.4 Å². The van der Waals surface area contributed by atoms with Crippen molar-refractivity contribution in [3.05, 3.63) is 73.2 Å². The van der Waals surface area contributed by atoms with Crippen molar-refractivity contribution in [3.63, 3.8) is 0 Å². The summed E-state index contributed by atoms with van der Waals surface area (Å²) in [6.07, 6.45) is 1.16. The van der Waals surface area contributed by atoms with Crippen molar-refractivity contribution in [2.45, 2.75) is 6.18 Å². The SMILES string of the molecule is FC(F)(F)c1cc(Oc2ccc(-n3cncn3)cc2)nc(-c2cccnc2)n1. The third-order valence-electron chi connectivity index (χ3n) is 3.66. The van der Waals surface area contributed by atoms with Crippen LogP contribution in [0.4, 0.5) is 13.2 Å². The lowest BCUT2D eigenvalue weighted by atomic mass is 10.2. The Morgan fingerprint density at radius 3 is 2.43 bits per heavy atom. The Labute approximate surface area is 156 Å². The van der Waals surface area contributed by atoms with Crippen LogP contribution in [0.5, 0.6) is 11.6 Å². The molecule has 10 heteroatoms. The zero-order chi connectivity index (χ0) is 19.6. The second-order valence-electron chi connectivity index (χ2n) is 5.59. The molecule has 3 aromatic heterocycles. The fourth-order valence-corrected chi connectivity index (χ4v) is 2.38. The number of hydrogen-bond donors (Lipinski definition) is 0. The molecule has 0 radical (unpaired) electrons. The molecule has 0 aliphatic rings. The molecule has 0 N–H and O–H groups in total. The molecule has 0 spiro atoms. The molecule has 0 atom stereocenters. The Morgan fingerprint density at radius 2 is 1.79 bits per heavy atom. The molecule has 0 bridgehead atoms. The van der Waals surface area contributed by atoms with Gasteiger partial charge in [-0.3, -0.25) is 4.98 Å². The summed E-state index contributed by atoms with van der Waals surface area (Å²) in [5.74, 6) is -0.0420. The number of alkyl halides is 3. The average Bonchev–Trinajstić information content (AvgIpc) is 3.23. The van der Waals surface area contributed by atoms with E-state index in [1.165, 1.54) is 29.7 Å². The lowest BCUT2D eigenvalue weighted by Gasteiger charge is -2.11. The molecule has 0 fully saturated rings. The minimum Gasteiger partial charge on any atom is -0.439 e. The molecule has 3 heterocycles. The van der Waals surface area contributed by atoms with Gasteiger partial charge < -0.3 is 4.74 Å². The van der Waals surface area contributed by atoms with Gasteiger partial charge in [-0.15, -0.1) is 0 Å². The van der Waals surface area contributed by atoms with Gasteiger partial charge in [-0.05, 0) is 36.4 Å². The molecule has 4 rings (SSSR count). The highest BCUT2D eigenvalue weighted by Gasteiger charge is 2.34. The van der Waals surface area contributed by atoms with Crippen LogP contribution < -0.4 is 4.74 Å². The number of benzene rings is 1. The topological polar surface area (TPSA) is 78.6 Å². The second kappa shape index (κ2) is 7.06. The first kappa shape index (κ1) is 17.6. The van der Waals surface area contributed by atoms with Gasteiger partial charge in [0, 0.05) is 24.0 Å². The molecule has 0 aliphatic heterocycles. The normalized spacial score (nSPS) is 11.4. The number of pyridine rings is 1. The zero-order valence-corrected chi connectivity index (χ0v) is 14.1. The highest BCUT2D eigenvalue weighted by molar-refractivity contribution is 5.54. The maximum Gasteiger partial charge on any atom is 0.433 e. The molecule has 0 unspecified atom stereocenters. The number of nitrogens with zero attached hydrogens (tertiary/aromatic N) is 6. The Balaban J connectivity index is 1.67. The predicted octanol–water partition coefficient (Wildman–Crippen LogP) is 3.93. The quantitative estimate of drug-likeness (QED) is 0.531. The van der Waals surface area contributed by atoms with E-state index in [9.17, 15) is 13.2 Å². The van der Waals surface area contributed by atoms with Gasteiger partial charge in [0.2, 0.25) is 5.88 Å². The molecule has 28 heavy (non-hydrogen) atoms. The molecular weight excluding hydrogens is 373 g/mol. The fraction of sp³-hybridized carbons (Fsp3) is 0.0556. The standard InChI is InChI=1S/C18H11F3N6O/c19-18(20,21)15-8-16(26-17(25-15)12-2-1-7-22-9-12)28-14-5-3-13(4-6-14)27-11-23-10-24-27/h1-11H. The summed E-state index contributed by atoms with van der Waals surface area (Å²) >= 11 is 0. The van der Waals surface area contributed by atoms with Crippen molar-refractivity contribution >= 4 is 0 Å². The van der Waals surface area contributed by atoms with Gasteiger partial charge in [0.15, 0.2) is 11.5 Å². The molecule has 4 aromatic rings. The maximum atomic E-state index is 13.2. The first-order chi connectivity index (χ1) is 13.5. The van der Waals surface area contributed by atoms with Gasteiger partial charge in [-0.1, -0.05) is 0 Å². The van der Waals surface area contributed by atoms with Gasteiger partial charge in [0.05, 0.1) is 5.69 Å². The van der Waals surface area contributed by atoms with E-state index in [-0.39, 0.29) is 11.7 Å². The van der Waals surface area contributed by atoms with E-state index in [2.05, 4.69) is 25.0 Å². The van der Waals surface area contributed by atoms with Gasteiger partial charge in [-0.2, -0.15) is 23.3 Å². The minimum absolute atomic E-state index is 0.128. The number of hydrogen-bond acceptors (Lipinski definition) is 6. The van der Waals surface area contributed by atoms with E-state index in [0.717, 1.165) is 11.8 Å². The predicted molar refractivity (Wildman–Crippen MR) is 91.7 cm³/mol. The Morgan fingerprint density at radius 1 is 0.964 bits per heavy atom. The highest BCUT2D eigenvalue weighted by Crippen LogP contribution is 2.32. The first-order valence-electron chi connectivity index (χ1n) is 7.99. The van der Waals surface area contributed by atoms with Gasteiger partial charge in [-0.25, -0.2) is 14.6 Å². The summed E-state index contributed by atoms with van der Waals surface area (Å²) in [7, 11) is 0. The number of halogens is 3. The van der Waals surface area contributed by atoms with Crippen LogP contribution in [0.15, 0.2) is 67.5 Å². The van der Waals surface area contributed by atoms with Crippen LogP contribution in [0.2, 0.25) is 0 Å². The monoisotopic (exact) mass is 384 g/mol. The van der Waals surface area contributed by atoms with Crippen molar-refractivity contribution in [2.24, 2.45) is 0 Å². The highest BCUT2D eigenvalue weighted by atomic mass is 19.4. The fourth-order valence-electron chi connectivity index (χ4n) is 2.38. The van der Waals surface area contributed by atoms with Crippen molar-refractivity contribution in [1.82, 2.24) is 29.7 Å². The first-order valence-corrected chi connectivity index (χ1v) is 7.99. The molecule has 1 aromatic carbocycles. The van der Waals surface area contributed by atoms with Gasteiger partial charge >= 0.3 is 6.18 Å². The Kier molecular flexibility index (Phi) is 4.44. The van der Waals surface area contributed by atoms with Crippen molar-refractivity contribution in [2.75, 3.05) is 0 Å². The molecular formula is C18H11F3N6O. The summed E-state index contributed by atoms with van der Waals surface area (Å²) in [5, 5.41) is 4.00. The summed E-state index contributed by atoms with van der Waals surface area (Å²) < 4.78 is 46.8. The van der Waals surface area contributed by atoms with Crippen LogP contribution in [0.25, 0.3) is 17.1 Å². The van der Waals surface area contributed by atoms with Crippen LogP contribution in [-0.2, 0) is 6.18 Å². The Bertz CT molecular complexity index is 1070. The van der Waals surface area contributed by atoms with E-state index in [1.807, 2.05) is 0 Å². The molecule has 0 aliphatic carbocycles. The molecule has 7 nitrogen and oxygen atoms in total. The molecule has 0 amide bonds. The smallest absolute Gasteiger partial charge is 0.433 e. The van der Waals surface area contributed by atoms with Gasteiger partial charge in [0.1, 0.15) is 18.4 Å². The molecule has 140 valence electrons.